The molecule has 0 spiro atoms. The molecule has 0 bridgehead atoms. The first-order chi connectivity index (χ1) is 6.24. The highest BCUT2D eigenvalue weighted by atomic mass is 16.5. The minimum atomic E-state index is -0.0784. The van der Waals surface area contributed by atoms with Crippen molar-refractivity contribution in [3.8, 4) is 0 Å². The second-order valence-electron chi connectivity index (χ2n) is 3.96. The molecule has 13 heavy (non-hydrogen) atoms. The molecule has 3 unspecified atom stereocenters. The van der Waals surface area contributed by atoms with Crippen LogP contribution in [0.15, 0.2) is 0 Å². The summed E-state index contributed by atoms with van der Waals surface area (Å²) in [6.07, 6.45) is 3.50. The molecule has 0 amide bonds. The third kappa shape index (κ3) is 3.63. The predicted octanol–water partition coefficient (Wildman–Crippen LogP) is 0.772. The van der Waals surface area contributed by atoms with Gasteiger partial charge in [0.2, 0.25) is 0 Å². The van der Waals surface area contributed by atoms with Crippen LogP contribution in [0.5, 0.6) is 0 Å². The van der Waals surface area contributed by atoms with Crippen LogP contribution >= 0.6 is 0 Å². The molecule has 1 saturated carbocycles. The number of ether oxygens (including phenoxy) is 1. The average molecular weight is 187 g/mol. The Kier molecular flexibility index (Phi) is 4.70. The van der Waals surface area contributed by atoms with Gasteiger partial charge in [0.25, 0.3) is 0 Å². The lowest BCUT2D eigenvalue weighted by Gasteiger charge is -2.16. The van der Waals surface area contributed by atoms with E-state index >= 15 is 0 Å². The first-order valence-electron chi connectivity index (χ1n) is 5.15. The third-order valence-electron chi connectivity index (χ3n) is 2.86. The Balaban J connectivity index is 2.05. The van der Waals surface area contributed by atoms with Gasteiger partial charge < -0.3 is 15.2 Å². The lowest BCUT2D eigenvalue weighted by Crippen LogP contribution is -2.33. The van der Waals surface area contributed by atoms with Gasteiger partial charge in [-0.25, -0.2) is 0 Å². The molecule has 0 radical (unpaired) electrons. The van der Waals surface area contributed by atoms with E-state index in [1.807, 2.05) is 6.92 Å². The summed E-state index contributed by atoms with van der Waals surface area (Å²) >= 11 is 0. The highest BCUT2D eigenvalue weighted by Gasteiger charge is 2.24. The van der Waals surface area contributed by atoms with Crippen LogP contribution in [-0.2, 0) is 4.74 Å². The van der Waals surface area contributed by atoms with Crippen molar-refractivity contribution >= 4 is 0 Å². The zero-order valence-corrected chi connectivity index (χ0v) is 8.62. The smallest absolute Gasteiger partial charge is 0.0667 e. The molecule has 0 saturated heterocycles. The van der Waals surface area contributed by atoms with E-state index in [1.54, 1.807) is 7.11 Å². The van der Waals surface area contributed by atoms with Crippen molar-refractivity contribution in [3.05, 3.63) is 0 Å². The summed E-state index contributed by atoms with van der Waals surface area (Å²) in [6.45, 7) is 3.84. The fraction of sp³-hybridized carbons (Fsp3) is 1.00. The van der Waals surface area contributed by atoms with Crippen molar-refractivity contribution in [2.24, 2.45) is 5.92 Å². The Morgan fingerprint density at radius 2 is 2.31 bits per heavy atom. The van der Waals surface area contributed by atoms with E-state index in [1.165, 1.54) is 6.42 Å². The molecule has 2 N–H and O–H groups in total. The molecule has 1 fully saturated rings. The molecule has 0 aromatic carbocycles. The van der Waals surface area contributed by atoms with Gasteiger partial charge in [-0.3, -0.25) is 0 Å². The molecule has 0 aliphatic heterocycles. The van der Waals surface area contributed by atoms with Gasteiger partial charge in [0, 0.05) is 20.2 Å². The normalized spacial score (nSPS) is 30.7. The van der Waals surface area contributed by atoms with Crippen molar-refractivity contribution in [1.29, 1.82) is 0 Å². The molecule has 78 valence electrons. The van der Waals surface area contributed by atoms with Gasteiger partial charge in [0.1, 0.15) is 0 Å². The SMILES string of the molecule is COC(C)CNCC1CCCC1O. The van der Waals surface area contributed by atoms with E-state index in [4.69, 9.17) is 4.74 Å². The minimum absolute atomic E-state index is 0.0784. The van der Waals surface area contributed by atoms with E-state index in [2.05, 4.69) is 5.32 Å². The Labute approximate surface area is 80.5 Å². The van der Waals surface area contributed by atoms with E-state index in [0.29, 0.717) is 5.92 Å². The molecule has 3 heteroatoms. The van der Waals surface area contributed by atoms with Gasteiger partial charge in [0.15, 0.2) is 0 Å². The standard InChI is InChI=1S/C10H21NO2/c1-8(13-2)6-11-7-9-4-3-5-10(9)12/h8-12H,3-7H2,1-2H3. The predicted molar refractivity (Wildman–Crippen MR) is 52.7 cm³/mol. The van der Waals surface area contributed by atoms with Gasteiger partial charge in [-0.2, -0.15) is 0 Å². The number of methoxy groups -OCH3 is 1. The summed E-state index contributed by atoms with van der Waals surface area (Å²) in [7, 11) is 1.72. The lowest BCUT2D eigenvalue weighted by molar-refractivity contribution is 0.106. The van der Waals surface area contributed by atoms with Crippen LogP contribution in [0.4, 0.5) is 0 Å². The fourth-order valence-electron chi connectivity index (χ4n) is 1.81. The van der Waals surface area contributed by atoms with Crippen LogP contribution in [0.3, 0.4) is 0 Å². The maximum Gasteiger partial charge on any atom is 0.0667 e. The van der Waals surface area contributed by atoms with Gasteiger partial charge in [0.05, 0.1) is 12.2 Å². The van der Waals surface area contributed by atoms with Crippen molar-refractivity contribution in [3.63, 3.8) is 0 Å². The first-order valence-corrected chi connectivity index (χ1v) is 5.15. The summed E-state index contributed by atoms with van der Waals surface area (Å²) in [4.78, 5) is 0. The van der Waals surface area contributed by atoms with Crippen molar-refractivity contribution in [2.75, 3.05) is 20.2 Å². The summed E-state index contributed by atoms with van der Waals surface area (Å²) < 4.78 is 5.12. The number of aliphatic hydroxyl groups excluding tert-OH is 1. The molecule has 0 aromatic rings. The molecule has 0 heterocycles. The minimum Gasteiger partial charge on any atom is -0.393 e. The van der Waals surface area contributed by atoms with Crippen LogP contribution in [0.2, 0.25) is 0 Å². The molecule has 1 aliphatic carbocycles. The largest absolute Gasteiger partial charge is 0.393 e. The summed E-state index contributed by atoms with van der Waals surface area (Å²) in [5, 5.41) is 12.9. The van der Waals surface area contributed by atoms with Crippen LogP contribution < -0.4 is 5.32 Å². The van der Waals surface area contributed by atoms with Crippen LogP contribution in [0.1, 0.15) is 26.2 Å². The maximum absolute atomic E-state index is 9.54. The topological polar surface area (TPSA) is 41.5 Å². The molecular weight excluding hydrogens is 166 g/mol. The Morgan fingerprint density at radius 3 is 2.85 bits per heavy atom. The highest BCUT2D eigenvalue weighted by Crippen LogP contribution is 2.24. The number of hydrogen-bond donors (Lipinski definition) is 2. The van der Waals surface area contributed by atoms with Crippen LogP contribution in [0, 0.1) is 5.92 Å². The lowest BCUT2D eigenvalue weighted by atomic mass is 10.1. The third-order valence-corrected chi connectivity index (χ3v) is 2.86. The van der Waals surface area contributed by atoms with Gasteiger partial charge in [-0.05, 0) is 25.7 Å². The van der Waals surface area contributed by atoms with E-state index < -0.39 is 0 Å². The quantitative estimate of drug-likeness (QED) is 0.668. The second-order valence-corrected chi connectivity index (χ2v) is 3.96. The Bertz CT molecular complexity index is 141. The number of hydrogen-bond acceptors (Lipinski definition) is 3. The Morgan fingerprint density at radius 1 is 1.54 bits per heavy atom. The fourth-order valence-corrected chi connectivity index (χ4v) is 1.81. The van der Waals surface area contributed by atoms with Crippen molar-refractivity contribution in [2.45, 2.75) is 38.4 Å². The van der Waals surface area contributed by atoms with Crippen LogP contribution in [0.25, 0.3) is 0 Å². The zero-order valence-electron chi connectivity index (χ0n) is 8.62. The van der Waals surface area contributed by atoms with Crippen molar-refractivity contribution in [1.82, 2.24) is 5.32 Å². The zero-order chi connectivity index (χ0) is 9.68. The molecule has 1 aliphatic rings. The number of aliphatic hydroxyl groups is 1. The first kappa shape index (κ1) is 11.0. The second kappa shape index (κ2) is 5.58. The van der Waals surface area contributed by atoms with Gasteiger partial charge >= 0.3 is 0 Å². The summed E-state index contributed by atoms with van der Waals surface area (Å²) in [5.41, 5.74) is 0. The van der Waals surface area contributed by atoms with E-state index in [9.17, 15) is 5.11 Å². The molecule has 1 rings (SSSR count). The van der Waals surface area contributed by atoms with Crippen molar-refractivity contribution < 1.29 is 9.84 Å². The number of nitrogens with one attached hydrogen (secondary N) is 1. The monoisotopic (exact) mass is 187 g/mol. The summed E-state index contributed by atoms with van der Waals surface area (Å²) in [6, 6.07) is 0. The molecule has 3 atom stereocenters. The van der Waals surface area contributed by atoms with Crippen LogP contribution in [-0.4, -0.2) is 37.5 Å². The molecule has 0 aromatic heterocycles. The number of rotatable bonds is 5. The van der Waals surface area contributed by atoms with E-state index in [-0.39, 0.29) is 12.2 Å². The van der Waals surface area contributed by atoms with Gasteiger partial charge in [-0.1, -0.05) is 6.42 Å². The Hall–Kier alpha value is -0.120. The highest BCUT2D eigenvalue weighted by molar-refractivity contribution is 4.78. The average Bonchev–Trinajstić information content (AvgIpc) is 2.52. The maximum atomic E-state index is 9.54. The van der Waals surface area contributed by atoms with E-state index in [0.717, 1.165) is 25.9 Å². The molecule has 3 nitrogen and oxygen atoms in total. The molecular formula is C10H21NO2. The summed E-state index contributed by atoms with van der Waals surface area (Å²) in [5.74, 6) is 0.462. The van der Waals surface area contributed by atoms with Gasteiger partial charge in [-0.15, -0.1) is 0 Å².